The molecule has 0 radical (unpaired) electrons. The quantitative estimate of drug-likeness (QED) is 0.886. The van der Waals surface area contributed by atoms with Gasteiger partial charge in [0.15, 0.2) is 9.84 Å². The van der Waals surface area contributed by atoms with E-state index in [2.05, 4.69) is 21.2 Å². The van der Waals surface area contributed by atoms with Gasteiger partial charge in [0.25, 0.3) is 0 Å². The van der Waals surface area contributed by atoms with Crippen molar-refractivity contribution >= 4 is 31.5 Å². The Hall–Kier alpha value is -0.550. The number of benzene rings is 1. The normalized spacial score (nSPS) is 17.3. The van der Waals surface area contributed by atoms with Gasteiger partial charge in [-0.05, 0) is 37.1 Å². The van der Waals surface area contributed by atoms with Crippen LogP contribution in [0.15, 0.2) is 28.7 Å². The van der Waals surface area contributed by atoms with Crippen LogP contribution in [0.3, 0.4) is 0 Å². The lowest BCUT2D eigenvalue weighted by Crippen LogP contribution is -2.29. The molecule has 106 valence electrons. The zero-order valence-electron chi connectivity index (χ0n) is 10.9. The Labute approximate surface area is 123 Å². The summed E-state index contributed by atoms with van der Waals surface area (Å²) in [5.74, 6) is 0.230. The third kappa shape index (κ3) is 4.49. The maximum absolute atomic E-state index is 12.2. The Bertz CT molecular complexity index is 493. The number of halogens is 1. The van der Waals surface area contributed by atoms with Crippen LogP contribution in [-0.2, 0) is 9.84 Å². The van der Waals surface area contributed by atoms with Crippen molar-refractivity contribution in [2.45, 2.75) is 37.4 Å². The molecule has 0 amide bonds. The molecule has 2 rings (SSSR count). The summed E-state index contributed by atoms with van der Waals surface area (Å²) in [6, 6.07) is 7.77. The first-order valence-electron chi connectivity index (χ1n) is 6.79. The van der Waals surface area contributed by atoms with Crippen molar-refractivity contribution < 1.29 is 8.42 Å². The lowest BCUT2D eigenvalue weighted by molar-refractivity contribution is 0.484. The molecule has 0 aliphatic heterocycles. The van der Waals surface area contributed by atoms with Crippen molar-refractivity contribution in [2.75, 3.05) is 17.6 Å². The first-order chi connectivity index (χ1) is 9.08. The predicted octanol–water partition coefficient (Wildman–Crippen LogP) is 3.61. The van der Waals surface area contributed by atoms with Gasteiger partial charge in [-0.25, -0.2) is 8.42 Å². The van der Waals surface area contributed by atoms with Gasteiger partial charge in [-0.2, -0.15) is 0 Å². The number of hydrogen-bond acceptors (Lipinski definition) is 3. The highest BCUT2D eigenvalue weighted by Gasteiger charge is 2.26. The van der Waals surface area contributed by atoms with E-state index in [-0.39, 0.29) is 11.0 Å². The molecule has 1 aliphatic rings. The summed E-state index contributed by atoms with van der Waals surface area (Å²) < 4.78 is 25.4. The van der Waals surface area contributed by atoms with Gasteiger partial charge in [0.1, 0.15) is 0 Å². The Morgan fingerprint density at radius 2 is 1.74 bits per heavy atom. The summed E-state index contributed by atoms with van der Waals surface area (Å²) in [7, 11) is -2.93. The summed E-state index contributed by atoms with van der Waals surface area (Å²) in [5.41, 5.74) is 0.960. The maximum Gasteiger partial charge on any atom is 0.154 e. The zero-order valence-corrected chi connectivity index (χ0v) is 13.3. The average molecular weight is 346 g/mol. The summed E-state index contributed by atoms with van der Waals surface area (Å²) in [4.78, 5) is 0. The number of hydrogen-bond donors (Lipinski definition) is 1. The molecule has 1 aromatic carbocycles. The molecule has 0 saturated heterocycles. The van der Waals surface area contributed by atoms with Crippen LogP contribution in [0.4, 0.5) is 5.69 Å². The third-order valence-corrected chi connectivity index (χ3v) is 6.41. The van der Waals surface area contributed by atoms with E-state index in [1.807, 2.05) is 24.3 Å². The lowest BCUT2D eigenvalue weighted by Gasteiger charge is -2.21. The highest BCUT2D eigenvalue weighted by Crippen LogP contribution is 2.24. The molecule has 1 aromatic rings. The van der Waals surface area contributed by atoms with Crippen molar-refractivity contribution in [2.24, 2.45) is 0 Å². The molecule has 0 unspecified atom stereocenters. The molecule has 1 N–H and O–H groups in total. The molecule has 3 nitrogen and oxygen atoms in total. The van der Waals surface area contributed by atoms with E-state index in [4.69, 9.17) is 0 Å². The van der Waals surface area contributed by atoms with Gasteiger partial charge < -0.3 is 5.32 Å². The molecular weight excluding hydrogens is 326 g/mol. The van der Waals surface area contributed by atoms with Crippen LogP contribution in [0.25, 0.3) is 0 Å². The van der Waals surface area contributed by atoms with E-state index in [0.29, 0.717) is 6.54 Å². The zero-order chi connectivity index (χ0) is 13.7. The Balaban J connectivity index is 1.82. The molecule has 0 spiro atoms. The van der Waals surface area contributed by atoms with Crippen LogP contribution < -0.4 is 5.32 Å². The van der Waals surface area contributed by atoms with Crippen molar-refractivity contribution in [1.29, 1.82) is 0 Å². The SMILES string of the molecule is O=S(=O)(CCNc1ccc(Br)cc1)C1CCCCC1. The minimum atomic E-state index is -2.93. The van der Waals surface area contributed by atoms with Gasteiger partial charge in [-0.15, -0.1) is 0 Å². The first-order valence-corrected chi connectivity index (χ1v) is 9.30. The van der Waals surface area contributed by atoms with Crippen LogP contribution in [0.1, 0.15) is 32.1 Å². The molecule has 1 fully saturated rings. The Morgan fingerprint density at radius 3 is 2.37 bits per heavy atom. The van der Waals surface area contributed by atoms with Crippen LogP contribution >= 0.6 is 15.9 Å². The molecular formula is C14H20BrNO2S. The number of nitrogens with one attached hydrogen (secondary N) is 1. The predicted molar refractivity (Wildman–Crippen MR) is 83.3 cm³/mol. The van der Waals surface area contributed by atoms with Gasteiger partial charge in [-0.1, -0.05) is 35.2 Å². The monoisotopic (exact) mass is 345 g/mol. The van der Waals surface area contributed by atoms with Gasteiger partial charge in [-0.3, -0.25) is 0 Å². The Morgan fingerprint density at radius 1 is 1.11 bits per heavy atom. The van der Waals surface area contributed by atoms with Gasteiger partial charge in [0.2, 0.25) is 0 Å². The molecule has 5 heteroatoms. The second-order valence-corrected chi connectivity index (χ2v) is 8.38. The van der Waals surface area contributed by atoms with Crippen molar-refractivity contribution in [1.82, 2.24) is 0 Å². The minimum Gasteiger partial charge on any atom is -0.384 e. The lowest BCUT2D eigenvalue weighted by atomic mass is 10.0. The Kier molecular flexibility index (Phi) is 5.28. The van der Waals surface area contributed by atoms with Crippen molar-refractivity contribution in [3.05, 3.63) is 28.7 Å². The highest BCUT2D eigenvalue weighted by atomic mass is 79.9. The van der Waals surface area contributed by atoms with Crippen LogP contribution in [0.5, 0.6) is 0 Å². The van der Waals surface area contributed by atoms with E-state index in [1.54, 1.807) is 0 Å². The van der Waals surface area contributed by atoms with E-state index >= 15 is 0 Å². The fraction of sp³-hybridized carbons (Fsp3) is 0.571. The standard InChI is InChI=1S/C14H20BrNO2S/c15-12-6-8-13(9-7-12)16-10-11-19(17,18)14-4-2-1-3-5-14/h6-9,14,16H,1-5,10-11H2. The number of anilines is 1. The fourth-order valence-corrected chi connectivity index (χ4v) is 4.53. The average Bonchev–Trinajstić information content (AvgIpc) is 2.42. The second kappa shape index (κ2) is 6.75. The third-order valence-electron chi connectivity index (χ3n) is 3.62. The van der Waals surface area contributed by atoms with Gasteiger partial charge in [0.05, 0.1) is 11.0 Å². The van der Waals surface area contributed by atoms with Crippen molar-refractivity contribution in [3.63, 3.8) is 0 Å². The second-order valence-electron chi connectivity index (χ2n) is 5.06. The number of rotatable bonds is 5. The molecule has 1 aliphatic carbocycles. The molecule has 0 atom stereocenters. The van der Waals surface area contributed by atoms with E-state index in [0.717, 1.165) is 35.8 Å². The highest BCUT2D eigenvalue weighted by molar-refractivity contribution is 9.10. The van der Waals surface area contributed by atoms with Crippen molar-refractivity contribution in [3.8, 4) is 0 Å². The first kappa shape index (κ1) is 14.9. The summed E-state index contributed by atoms with van der Waals surface area (Å²) >= 11 is 3.37. The van der Waals surface area contributed by atoms with E-state index in [9.17, 15) is 8.42 Å². The summed E-state index contributed by atoms with van der Waals surface area (Å²) in [5, 5.41) is 3.06. The molecule has 19 heavy (non-hydrogen) atoms. The fourth-order valence-electron chi connectivity index (χ4n) is 2.50. The van der Waals surface area contributed by atoms with Crippen LogP contribution in [0, 0.1) is 0 Å². The van der Waals surface area contributed by atoms with Gasteiger partial charge >= 0.3 is 0 Å². The molecule has 0 aromatic heterocycles. The molecule has 0 bridgehead atoms. The summed E-state index contributed by atoms with van der Waals surface area (Å²) in [6.07, 6.45) is 5.00. The van der Waals surface area contributed by atoms with E-state index < -0.39 is 9.84 Å². The molecule has 0 heterocycles. The van der Waals surface area contributed by atoms with Gasteiger partial charge in [0, 0.05) is 16.7 Å². The van der Waals surface area contributed by atoms with Crippen LogP contribution in [-0.4, -0.2) is 26.0 Å². The molecule has 1 saturated carbocycles. The minimum absolute atomic E-state index is 0.104. The smallest absolute Gasteiger partial charge is 0.154 e. The number of sulfone groups is 1. The topological polar surface area (TPSA) is 46.2 Å². The van der Waals surface area contributed by atoms with E-state index in [1.165, 1.54) is 6.42 Å². The maximum atomic E-state index is 12.2. The largest absolute Gasteiger partial charge is 0.384 e. The summed E-state index contributed by atoms with van der Waals surface area (Å²) in [6.45, 7) is 0.487. The van der Waals surface area contributed by atoms with Crippen LogP contribution in [0.2, 0.25) is 0 Å².